The van der Waals surface area contributed by atoms with Gasteiger partial charge in [0.05, 0.1) is 19.3 Å². The van der Waals surface area contributed by atoms with Gasteiger partial charge in [-0.25, -0.2) is 0 Å². The van der Waals surface area contributed by atoms with E-state index in [4.69, 9.17) is 4.74 Å². The fraction of sp³-hybridized carbons (Fsp3) is 0.765. The number of hydrogen-bond donors (Lipinski definition) is 1. The van der Waals surface area contributed by atoms with Gasteiger partial charge in [0.15, 0.2) is 5.96 Å². The minimum absolute atomic E-state index is 0.0539. The molecule has 1 unspecified atom stereocenters. The van der Waals surface area contributed by atoms with Crippen molar-refractivity contribution in [2.75, 3.05) is 52.9 Å². The minimum Gasteiger partial charge on any atom is -0.370 e. The lowest BCUT2D eigenvalue weighted by Gasteiger charge is -2.35. The minimum atomic E-state index is 0.0539. The van der Waals surface area contributed by atoms with Gasteiger partial charge in [0, 0.05) is 45.5 Å². The molecule has 1 fully saturated rings. The molecule has 0 spiro atoms. The molecule has 136 valence electrons. The quantitative estimate of drug-likeness (QED) is 0.597. The lowest BCUT2D eigenvalue weighted by Crippen LogP contribution is -2.49. The summed E-state index contributed by atoms with van der Waals surface area (Å²) in [5.74, 6) is 0.958. The molecule has 1 aliphatic heterocycles. The summed E-state index contributed by atoms with van der Waals surface area (Å²) in [7, 11) is 3.78. The molecule has 1 atom stereocenters. The van der Waals surface area contributed by atoms with Crippen molar-refractivity contribution in [2.45, 2.75) is 26.4 Å². The van der Waals surface area contributed by atoms with Crippen LogP contribution in [0.4, 0.5) is 0 Å². The molecule has 7 nitrogen and oxygen atoms in total. The summed E-state index contributed by atoms with van der Waals surface area (Å²) in [5, 5.41) is 7.74. The van der Waals surface area contributed by atoms with Crippen LogP contribution in [-0.2, 0) is 11.8 Å². The van der Waals surface area contributed by atoms with Gasteiger partial charge in [-0.05, 0) is 19.5 Å². The number of guanidine groups is 1. The summed E-state index contributed by atoms with van der Waals surface area (Å²) in [6.07, 6.45) is 5.15. The number of ether oxygens (including phenoxy) is 1. The third kappa shape index (κ3) is 5.21. The second-order valence-electron chi connectivity index (χ2n) is 6.16. The number of aliphatic imine (C=N–C) groups is 1. The Balaban J connectivity index is 1.85. The Morgan fingerprint density at radius 2 is 2.29 bits per heavy atom. The molecule has 0 radical (unpaired) electrons. The van der Waals surface area contributed by atoms with E-state index < -0.39 is 0 Å². The smallest absolute Gasteiger partial charge is 0.193 e. The summed E-state index contributed by atoms with van der Waals surface area (Å²) in [6.45, 7) is 11.0. The molecule has 1 aromatic heterocycles. The van der Waals surface area contributed by atoms with E-state index in [0.717, 1.165) is 50.8 Å². The molecule has 1 aliphatic rings. The first-order chi connectivity index (χ1) is 11.7. The number of likely N-dealkylation sites (N-methyl/N-ethyl adjacent to an activating group) is 1. The van der Waals surface area contributed by atoms with Gasteiger partial charge in [-0.3, -0.25) is 9.67 Å². The highest BCUT2D eigenvalue weighted by molar-refractivity contribution is 5.80. The van der Waals surface area contributed by atoms with E-state index >= 15 is 0 Å². The standard InChI is InChI=1S/C17H32N6O/c1-5-8-22(6-2)9-7-19-17(18-3)23-10-11-24-16(14-23)15-12-20-21(4)13-15/h12-13,16H,5-11,14H2,1-4H3,(H,18,19). The molecule has 0 aromatic carbocycles. The predicted molar refractivity (Wildman–Crippen MR) is 97.2 cm³/mol. The van der Waals surface area contributed by atoms with Crippen LogP contribution in [0.25, 0.3) is 0 Å². The van der Waals surface area contributed by atoms with Gasteiger partial charge >= 0.3 is 0 Å². The second kappa shape index (κ2) is 9.64. The Kier molecular flexibility index (Phi) is 7.52. The number of hydrogen-bond acceptors (Lipinski definition) is 4. The van der Waals surface area contributed by atoms with E-state index in [0.29, 0.717) is 6.61 Å². The first-order valence-electron chi connectivity index (χ1n) is 8.96. The Hall–Kier alpha value is -1.60. The number of nitrogens with one attached hydrogen (secondary N) is 1. The molecule has 0 aliphatic carbocycles. The zero-order chi connectivity index (χ0) is 17.4. The molecule has 1 saturated heterocycles. The molecule has 0 saturated carbocycles. The first-order valence-corrected chi connectivity index (χ1v) is 8.96. The molecule has 0 amide bonds. The summed E-state index contributed by atoms with van der Waals surface area (Å²) in [4.78, 5) is 9.18. The van der Waals surface area contributed by atoms with Crippen molar-refractivity contribution in [1.82, 2.24) is 24.9 Å². The maximum atomic E-state index is 5.91. The van der Waals surface area contributed by atoms with Crippen LogP contribution in [0, 0.1) is 0 Å². The van der Waals surface area contributed by atoms with Gasteiger partial charge in [-0.15, -0.1) is 0 Å². The summed E-state index contributed by atoms with van der Waals surface area (Å²) < 4.78 is 7.73. The monoisotopic (exact) mass is 336 g/mol. The van der Waals surface area contributed by atoms with Crippen molar-refractivity contribution in [3.05, 3.63) is 18.0 Å². The van der Waals surface area contributed by atoms with Crippen LogP contribution in [0.1, 0.15) is 31.9 Å². The normalized spacial score (nSPS) is 19.1. The summed E-state index contributed by atoms with van der Waals surface area (Å²) in [6, 6.07) is 0. The van der Waals surface area contributed by atoms with Crippen molar-refractivity contribution in [3.63, 3.8) is 0 Å². The predicted octanol–water partition coefficient (Wildman–Crippen LogP) is 1.10. The lowest BCUT2D eigenvalue weighted by molar-refractivity contribution is -0.00804. The Bertz CT molecular complexity index is 515. The van der Waals surface area contributed by atoms with Crippen molar-refractivity contribution < 1.29 is 4.74 Å². The first kappa shape index (κ1) is 18.7. The Labute approximate surface area is 145 Å². The molecule has 24 heavy (non-hydrogen) atoms. The van der Waals surface area contributed by atoms with Crippen molar-refractivity contribution >= 4 is 5.96 Å². The number of nitrogens with zero attached hydrogens (tertiary/aromatic N) is 5. The van der Waals surface area contributed by atoms with Crippen LogP contribution in [0.3, 0.4) is 0 Å². The molecule has 2 heterocycles. The van der Waals surface area contributed by atoms with Crippen LogP contribution in [0.2, 0.25) is 0 Å². The van der Waals surface area contributed by atoms with Crippen LogP contribution < -0.4 is 5.32 Å². The zero-order valence-corrected chi connectivity index (χ0v) is 15.5. The molecule has 7 heteroatoms. The van der Waals surface area contributed by atoms with E-state index in [1.54, 1.807) is 0 Å². The van der Waals surface area contributed by atoms with Crippen molar-refractivity contribution in [3.8, 4) is 0 Å². The van der Waals surface area contributed by atoms with E-state index in [9.17, 15) is 0 Å². The average Bonchev–Trinajstić information content (AvgIpc) is 3.04. The van der Waals surface area contributed by atoms with Gasteiger partial charge in [0.1, 0.15) is 6.10 Å². The zero-order valence-electron chi connectivity index (χ0n) is 15.5. The average molecular weight is 336 g/mol. The largest absolute Gasteiger partial charge is 0.370 e. The van der Waals surface area contributed by atoms with Gasteiger partial charge in [0.2, 0.25) is 0 Å². The van der Waals surface area contributed by atoms with Crippen LogP contribution in [0.15, 0.2) is 17.4 Å². The molecule has 1 aromatic rings. The SMILES string of the molecule is CCCN(CC)CCNC(=NC)N1CCOC(c2cnn(C)c2)C1. The Morgan fingerprint density at radius 3 is 2.92 bits per heavy atom. The second-order valence-corrected chi connectivity index (χ2v) is 6.16. The number of aryl methyl sites for hydroxylation is 1. The van der Waals surface area contributed by atoms with Crippen LogP contribution in [-0.4, -0.2) is 78.5 Å². The van der Waals surface area contributed by atoms with Crippen molar-refractivity contribution in [1.29, 1.82) is 0 Å². The van der Waals surface area contributed by atoms with E-state index in [1.165, 1.54) is 6.42 Å². The van der Waals surface area contributed by atoms with Crippen molar-refractivity contribution in [2.24, 2.45) is 12.0 Å². The third-order valence-corrected chi connectivity index (χ3v) is 4.37. The number of aromatic nitrogens is 2. The lowest BCUT2D eigenvalue weighted by atomic mass is 10.1. The summed E-state index contributed by atoms with van der Waals surface area (Å²) >= 11 is 0. The topological polar surface area (TPSA) is 57.9 Å². The number of rotatable bonds is 7. The van der Waals surface area contributed by atoms with E-state index in [2.05, 4.69) is 39.1 Å². The molecule has 0 bridgehead atoms. The van der Waals surface area contributed by atoms with Gasteiger partial charge in [-0.1, -0.05) is 13.8 Å². The fourth-order valence-corrected chi connectivity index (χ4v) is 3.05. The maximum Gasteiger partial charge on any atom is 0.193 e. The fourth-order valence-electron chi connectivity index (χ4n) is 3.05. The maximum absolute atomic E-state index is 5.91. The van der Waals surface area contributed by atoms with Gasteiger partial charge in [0.25, 0.3) is 0 Å². The highest BCUT2D eigenvalue weighted by Gasteiger charge is 2.25. The Morgan fingerprint density at radius 1 is 1.46 bits per heavy atom. The van der Waals surface area contributed by atoms with E-state index in [-0.39, 0.29) is 6.10 Å². The highest BCUT2D eigenvalue weighted by atomic mass is 16.5. The van der Waals surface area contributed by atoms with Gasteiger partial charge < -0.3 is 19.9 Å². The molecule has 2 rings (SSSR count). The van der Waals surface area contributed by atoms with Gasteiger partial charge in [-0.2, -0.15) is 5.10 Å². The third-order valence-electron chi connectivity index (χ3n) is 4.37. The molecular weight excluding hydrogens is 304 g/mol. The summed E-state index contributed by atoms with van der Waals surface area (Å²) in [5.41, 5.74) is 1.12. The van der Waals surface area contributed by atoms with E-state index in [1.807, 2.05) is 31.2 Å². The van der Waals surface area contributed by atoms with Crippen LogP contribution >= 0.6 is 0 Å². The molecular formula is C17H32N6O. The number of morpholine rings is 1. The molecule has 1 N–H and O–H groups in total. The highest BCUT2D eigenvalue weighted by Crippen LogP contribution is 2.21. The van der Waals surface area contributed by atoms with Crippen LogP contribution in [0.5, 0.6) is 0 Å².